The van der Waals surface area contributed by atoms with Crippen LogP contribution >= 0.6 is 0 Å². The Labute approximate surface area is 121 Å². The average Bonchev–Trinajstić information content (AvgIpc) is 2.82. The smallest absolute Gasteiger partial charge is 0.238 e. The minimum Gasteiger partial charge on any atom is -0.496 e. The third kappa shape index (κ3) is 2.66. The van der Waals surface area contributed by atoms with E-state index in [0.717, 1.165) is 29.7 Å². The van der Waals surface area contributed by atoms with E-state index in [1.807, 2.05) is 24.0 Å². The number of carbonyl (C=O) groups excluding carboxylic acids is 1. The number of nitrogens with zero attached hydrogens (tertiary/aromatic N) is 1. The van der Waals surface area contributed by atoms with Gasteiger partial charge in [0.05, 0.1) is 13.7 Å². The van der Waals surface area contributed by atoms with Gasteiger partial charge in [-0.15, -0.1) is 0 Å². The summed E-state index contributed by atoms with van der Waals surface area (Å²) in [5, 5.41) is 3.32. The summed E-state index contributed by atoms with van der Waals surface area (Å²) in [6.45, 7) is 6.72. The Morgan fingerprint density at radius 2 is 2.10 bits per heavy atom. The first kappa shape index (κ1) is 14.9. The summed E-state index contributed by atoms with van der Waals surface area (Å²) < 4.78 is 5.30. The van der Waals surface area contributed by atoms with Gasteiger partial charge in [-0.3, -0.25) is 10.1 Å². The molecule has 1 amide bonds. The second-order valence-electron chi connectivity index (χ2n) is 5.28. The normalized spacial score (nSPS) is 18.9. The maximum atomic E-state index is 12.2. The van der Waals surface area contributed by atoms with E-state index in [4.69, 9.17) is 4.74 Å². The second-order valence-corrected chi connectivity index (χ2v) is 5.28. The van der Waals surface area contributed by atoms with E-state index in [9.17, 15) is 4.79 Å². The molecule has 1 aliphatic heterocycles. The first-order valence-electron chi connectivity index (χ1n) is 7.31. The maximum Gasteiger partial charge on any atom is 0.238 e. The quantitative estimate of drug-likeness (QED) is 0.899. The minimum absolute atomic E-state index is 0.0167. The lowest BCUT2D eigenvalue weighted by Gasteiger charge is -2.32. The van der Waals surface area contributed by atoms with Crippen molar-refractivity contribution in [3.63, 3.8) is 0 Å². The van der Waals surface area contributed by atoms with Crippen LogP contribution in [-0.2, 0) is 4.79 Å². The molecule has 1 saturated heterocycles. The van der Waals surface area contributed by atoms with Gasteiger partial charge in [0.15, 0.2) is 0 Å². The summed E-state index contributed by atoms with van der Waals surface area (Å²) >= 11 is 0. The molecule has 1 N–H and O–H groups in total. The maximum absolute atomic E-state index is 12.2. The highest BCUT2D eigenvalue weighted by molar-refractivity contribution is 5.81. The molecule has 20 heavy (non-hydrogen) atoms. The van der Waals surface area contributed by atoms with Crippen LogP contribution in [0.5, 0.6) is 5.75 Å². The fourth-order valence-corrected chi connectivity index (χ4v) is 2.96. The largest absolute Gasteiger partial charge is 0.496 e. The van der Waals surface area contributed by atoms with Gasteiger partial charge in [0.2, 0.25) is 5.91 Å². The van der Waals surface area contributed by atoms with Crippen LogP contribution in [0.2, 0.25) is 0 Å². The highest BCUT2D eigenvalue weighted by Crippen LogP contribution is 2.30. The summed E-state index contributed by atoms with van der Waals surface area (Å²) in [7, 11) is 1.68. The SMILES string of the molecule is CCC(CC)N1C(=O)CNC1c1ccc(OC)c(C)c1. The molecule has 4 nitrogen and oxygen atoms in total. The minimum atomic E-state index is -0.0167. The summed E-state index contributed by atoms with van der Waals surface area (Å²) in [6.07, 6.45) is 1.95. The molecule has 0 aliphatic carbocycles. The van der Waals surface area contributed by atoms with Crippen LogP contribution in [0.15, 0.2) is 18.2 Å². The van der Waals surface area contributed by atoms with Gasteiger partial charge in [-0.05, 0) is 43.0 Å². The van der Waals surface area contributed by atoms with Crippen molar-refractivity contribution in [2.75, 3.05) is 13.7 Å². The van der Waals surface area contributed by atoms with Gasteiger partial charge in [-0.25, -0.2) is 0 Å². The van der Waals surface area contributed by atoms with Gasteiger partial charge in [0, 0.05) is 6.04 Å². The Morgan fingerprint density at radius 1 is 1.40 bits per heavy atom. The molecule has 0 spiro atoms. The van der Waals surface area contributed by atoms with Crippen molar-refractivity contribution in [2.24, 2.45) is 0 Å². The van der Waals surface area contributed by atoms with Gasteiger partial charge in [0.25, 0.3) is 0 Å². The lowest BCUT2D eigenvalue weighted by Crippen LogP contribution is -2.39. The van der Waals surface area contributed by atoms with Gasteiger partial charge < -0.3 is 9.64 Å². The fraction of sp³-hybridized carbons (Fsp3) is 0.562. The van der Waals surface area contributed by atoms with Gasteiger partial charge >= 0.3 is 0 Å². The first-order valence-corrected chi connectivity index (χ1v) is 7.31. The molecule has 1 unspecified atom stereocenters. The number of aryl methyl sites for hydroxylation is 1. The van der Waals surface area contributed by atoms with Crippen molar-refractivity contribution in [3.05, 3.63) is 29.3 Å². The highest BCUT2D eigenvalue weighted by Gasteiger charge is 2.35. The molecule has 0 radical (unpaired) electrons. The molecular formula is C16H24N2O2. The van der Waals surface area contributed by atoms with E-state index in [-0.39, 0.29) is 12.1 Å². The van der Waals surface area contributed by atoms with Crippen molar-refractivity contribution >= 4 is 5.91 Å². The Balaban J connectivity index is 2.30. The molecule has 1 aliphatic rings. The number of amides is 1. The van der Waals surface area contributed by atoms with Crippen LogP contribution in [0.4, 0.5) is 0 Å². The number of ether oxygens (including phenoxy) is 1. The number of hydrogen-bond acceptors (Lipinski definition) is 3. The number of hydrogen-bond donors (Lipinski definition) is 1. The standard InChI is InChI=1S/C16H24N2O2/c1-5-13(6-2)18-15(19)10-17-16(18)12-7-8-14(20-4)11(3)9-12/h7-9,13,16-17H,5-6,10H2,1-4H3. The molecule has 110 valence electrons. The molecule has 4 heteroatoms. The molecule has 1 fully saturated rings. The molecule has 2 rings (SSSR count). The number of rotatable bonds is 5. The molecule has 1 atom stereocenters. The molecule has 1 heterocycles. The summed E-state index contributed by atoms with van der Waals surface area (Å²) in [5.74, 6) is 1.07. The average molecular weight is 276 g/mol. The van der Waals surface area contributed by atoms with E-state index < -0.39 is 0 Å². The summed E-state index contributed by atoms with van der Waals surface area (Å²) in [4.78, 5) is 14.2. The van der Waals surface area contributed by atoms with Gasteiger partial charge in [-0.2, -0.15) is 0 Å². The first-order chi connectivity index (χ1) is 9.62. The Kier molecular flexibility index (Phi) is 4.65. The Morgan fingerprint density at radius 3 is 2.65 bits per heavy atom. The van der Waals surface area contributed by atoms with Crippen LogP contribution < -0.4 is 10.1 Å². The van der Waals surface area contributed by atoms with Gasteiger partial charge in [-0.1, -0.05) is 19.9 Å². The van der Waals surface area contributed by atoms with Crippen molar-refractivity contribution in [3.8, 4) is 5.75 Å². The second kappa shape index (κ2) is 6.27. The van der Waals surface area contributed by atoms with Crippen LogP contribution in [0, 0.1) is 6.92 Å². The summed E-state index contributed by atoms with van der Waals surface area (Å²) in [6, 6.07) is 6.41. The molecule has 0 bridgehead atoms. The lowest BCUT2D eigenvalue weighted by molar-refractivity contribution is -0.130. The van der Waals surface area contributed by atoms with Crippen molar-refractivity contribution in [2.45, 2.75) is 45.8 Å². The molecule has 1 aromatic rings. The lowest BCUT2D eigenvalue weighted by atomic mass is 10.0. The monoisotopic (exact) mass is 276 g/mol. The van der Waals surface area contributed by atoms with Crippen LogP contribution in [-0.4, -0.2) is 30.5 Å². The molecule has 1 aromatic carbocycles. The van der Waals surface area contributed by atoms with Crippen LogP contribution in [0.1, 0.15) is 44.0 Å². The van der Waals surface area contributed by atoms with Crippen molar-refractivity contribution < 1.29 is 9.53 Å². The van der Waals surface area contributed by atoms with Crippen LogP contribution in [0.3, 0.4) is 0 Å². The van der Waals surface area contributed by atoms with Crippen molar-refractivity contribution in [1.82, 2.24) is 10.2 Å². The third-order valence-electron chi connectivity index (χ3n) is 4.08. The zero-order valence-corrected chi connectivity index (χ0v) is 12.8. The van der Waals surface area contributed by atoms with E-state index in [1.54, 1.807) is 7.11 Å². The number of benzene rings is 1. The fourth-order valence-electron chi connectivity index (χ4n) is 2.96. The van der Waals surface area contributed by atoms with E-state index in [2.05, 4.69) is 25.2 Å². The Hall–Kier alpha value is -1.55. The number of nitrogens with one attached hydrogen (secondary N) is 1. The van der Waals surface area contributed by atoms with Crippen LogP contribution in [0.25, 0.3) is 0 Å². The molecule has 0 saturated carbocycles. The summed E-state index contributed by atoms with van der Waals surface area (Å²) in [5.41, 5.74) is 2.22. The predicted molar refractivity (Wildman–Crippen MR) is 79.7 cm³/mol. The van der Waals surface area contributed by atoms with E-state index >= 15 is 0 Å². The number of carbonyl (C=O) groups is 1. The van der Waals surface area contributed by atoms with E-state index in [0.29, 0.717) is 12.6 Å². The molecular weight excluding hydrogens is 252 g/mol. The van der Waals surface area contributed by atoms with Gasteiger partial charge in [0.1, 0.15) is 11.9 Å². The third-order valence-corrected chi connectivity index (χ3v) is 4.08. The topological polar surface area (TPSA) is 41.6 Å². The van der Waals surface area contributed by atoms with Crippen molar-refractivity contribution in [1.29, 1.82) is 0 Å². The number of methoxy groups -OCH3 is 1. The Bertz CT molecular complexity index is 483. The van der Waals surface area contributed by atoms with E-state index in [1.165, 1.54) is 0 Å². The molecule has 0 aromatic heterocycles. The predicted octanol–water partition coefficient (Wildman–Crippen LogP) is 2.62. The zero-order valence-electron chi connectivity index (χ0n) is 12.8. The zero-order chi connectivity index (χ0) is 14.7. The highest BCUT2D eigenvalue weighted by atomic mass is 16.5.